The van der Waals surface area contributed by atoms with Gasteiger partial charge in [-0.3, -0.25) is 0 Å². The number of thiocarbonyl (C=S) groups is 1. The van der Waals surface area contributed by atoms with Crippen molar-refractivity contribution in [2.24, 2.45) is 0 Å². The van der Waals surface area contributed by atoms with Crippen LogP contribution in [0.2, 0.25) is 5.02 Å². The standard InChI is InChI=1S/C14H11ClF3N3S/c15-11-6-10(14(16,17)18)8-19-12(11)21-13(22)20-7-9-4-2-1-3-5-9/h1-6,8H,7H2,(H2,19,20,21,22). The maximum absolute atomic E-state index is 12.5. The largest absolute Gasteiger partial charge is 0.417 e. The van der Waals surface area contributed by atoms with Crippen LogP contribution in [0.25, 0.3) is 0 Å². The normalized spacial score (nSPS) is 11.1. The fraction of sp³-hybridized carbons (Fsp3) is 0.143. The first kappa shape index (κ1) is 16.5. The van der Waals surface area contributed by atoms with Gasteiger partial charge in [-0.2, -0.15) is 13.2 Å². The number of alkyl halides is 3. The van der Waals surface area contributed by atoms with Crippen LogP contribution < -0.4 is 10.6 Å². The van der Waals surface area contributed by atoms with E-state index in [4.69, 9.17) is 23.8 Å². The first-order chi connectivity index (χ1) is 10.4. The minimum absolute atomic E-state index is 0.0697. The summed E-state index contributed by atoms with van der Waals surface area (Å²) < 4.78 is 37.5. The molecule has 1 aromatic heterocycles. The molecular weight excluding hydrogens is 335 g/mol. The van der Waals surface area contributed by atoms with Gasteiger partial charge in [0.25, 0.3) is 0 Å². The van der Waals surface area contributed by atoms with E-state index in [1.54, 1.807) is 0 Å². The number of anilines is 1. The van der Waals surface area contributed by atoms with Crippen LogP contribution in [0, 0.1) is 0 Å². The molecule has 1 aromatic carbocycles. The highest BCUT2D eigenvalue weighted by Crippen LogP contribution is 2.32. The first-order valence-electron chi connectivity index (χ1n) is 6.18. The van der Waals surface area contributed by atoms with Crippen LogP contribution in [0.15, 0.2) is 42.6 Å². The summed E-state index contributed by atoms with van der Waals surface area (Å²) in [7, 11) is 0. The number of pyridine rings is 1. The van der Waals surface area contributed by atoms with Crippen molar-refractivity contribution in [1.29, 1.82) is 0 Å². The van der Waals surface area contributed by atoms with Gasteiger partial charge in [-0.25, -0.2) is 4.98 Å². The second-order valence-electron chi connectivity index (χ2n) is 4.35. The third kappa shape index (κ3) is 4.57. The summed E-state index contributed by atoms with van der Waals surface area (Å²) in [5.74, 6) is 0.0697. The van der Waals surface area contributed by atoms with Crippen LogP contribution in [0.1, 0.15) is 11.1 Å². The molecule has 0 aliphatic carbocycles. The Balaban J connectivity index is 1.97. The minimum Gasteiger partial charge on any atom is -0.358 e. The smallest absolute Gasteiger partial charge is 0.358 e. The summed E-state index contributed by atoms with van der Waals surface area (Å²) in [5, 5.41) is 5.65. The van der Waals surface area contributed by atoms with Gasteiger partial charge in [0, 0.05) is 12.7 Å². The van der Waals surface area contributed by atoms with E-state index in [0.717, 1.165) is 11.6 Å². The Hall–Kier alpha value is -1.86. The molecule has 8 heteroatoms. The van der Waals surface area contributed by atoms with Crippen molar-refractivity contribution in [3.8, 4) is 0 Å². The molecule has 0 bridgehead atoms. The number of hydrogen-bond donors (Lipinski definition) is 2. The Bertz CT molecular complexity index is 662. The lowest BCUT2D eigenvalue weighted by atomic mass is 10.2. The number of nitrogens with zero attached hydrogens (tertiary/aromatic N) is 1. The van der Waals surface area contributed by atoms with Crippen LogP contribution in [0.4, 0.5) is 19.0 Å². The number of aromatic nitrogens is 1. The number of hydrogen-bond acceptors (Lipinski definition) is 2. The molecule has 0 aliphatic heterocycles. The summed E-state index contributed by atoms with van der Waals surface area (Å²) in [4.78, 5) is 3.65. The average molecular weight is 346 g/mol. The highest BCUT2D eigenvalue weighted by Gasteiger charge is 2.31. The summed E-state index contributed by atoms with van der Waals surface area (Å²) in [6, 6.07) is 10.3. The van der Waals surface area contributed by atoms with Crippen molar-refractivity contribution < 1.29 is 13.2 Å². The van der Waals surface area contributed by atoms with Crippen LogP contribution in [-0.2, 0) is 12.7 Å². The van der Waals surface area contributed by atoms with Crippen LogP contribution in [0.3, 0.4) is 0 Å². The van der Waals surface area contributed by atoms with E-state index in [-0.39, 0.29) is 16.0 Å². The Morgan fingerprint density at radius 1 is 1.23 bits per heavy atom. The zero-order valence-electron chi connectivity index (χ0n) is 11.1. The van der Waals surface area contributed by atoms with E-state index in [2.05, 4.69) is 15.6 Å². The molecule has 3 nitrogen and oxygen atoms in total. The van der Waals surface area contributed by atoms with Crippen LogP contribution >= 0.6 is 23.8 Å². The molecule has 2 aromatic rings. The molecule has 0 amide bonds. The molecule has 1 heterocycles. The molecular formula is C14H11ClF3N3S. The minimum atomic E-state index is -4.48. The first-order valence-corrected chi connectivity index (χ1v) is 6.96. The molecule has 2 rings (SSSR count). The van der Waals surface area contributed by atoms with Gasteiger partial charge < -0.3 is 10.6 Å². The molecule has 0 fully saturated rings. The Morgan fingerprint density at radius 3 is 2.50 bits per heavy atom. The van der Waals surface area contributed by atoms with E-state index in [0.29, 0.717) is 12.7 Å². The van der Waals surface area contributed by atoms with E-state index < -0.39 is 11.7 Å². The Morgan fingerprint density at radius 2 is 1.91 bits per heavy atom. The number of benzene rings is 1. The van der Waals surface area contributed by atoms with Gasteiger partial charge in [0.05, 0.1) is 10.6 Å². The van der Waals surface area contributed by atoms with Gasteiger partial charge in [0.15, 0.2) is 10.9 Å². The molecule has 0 spiro atoms. The van der Waals surface area contributed by atoms with Gasteiger partial charge in [-0.15, -0.1) is 0 Å². The fourth-order valence-corrected chi connectivity index (χ4v) is 2.00. The summed E-state index contributed by atoms with van der Waals surface area (Å²) in [6.07, 6.45) is -3.78. The summed E-state index contributed by atoms with van der Waals surface area (Å²) in [5.41, 5.74) is 0.101. The topological polar surface area (TPSA) is 37.0 Å². The molecule has 0 aliphatic rings. The van der Waals surface area contributed by atoms with Crippen molar-refractivity contribution in [2.75, 3.05) is 5.32 Å². The third-order valence-electron chi connectivity index (χ3n) is 2.70. The van der Waals surface area contributed by atoms with Gasteiger partial charge in [0.2, 0.25) is 0 Å². The quantitative estimate of drug-likeness (QED) is 0.816. The number of nitrogens with one attached hydrogen (secondary N) is 2. The molecule has 0 unspecified atom stereocenters. The zero-order chi connectivity index (χ0) is 16.2. The molecule has 22 heavy (non-hydrogen) atoms. The third-order valence-corrected chi connectivity index (χ3v) is 3.23. The molecule has 2 N–H and O–H groups in total. The van der Waals surface area contributed by atoms with Gasteiger partial charge in [-0.05, 0) is 23.8 Å². The second-order valence-corrected chi connectivity index (χ2v) is 5.16. The van der Waals surface area contributed by atoms with Crippen LogP contribution in [0.5, 0.6) is 0 Å². The van der Waals surface area contributed by atoms with E-state index in [1.165, 1.54) is 0 Å². The highest BCUT2D eigenvalue weighted by molar-refractivity contribution is 7.80. The zero-order valence-corrected chi connectivity index (χ0v) is 12.7. The monoisotopic (exact) mass is 345 g/mol. The predicted octanol–water partition coefficient (Wildman–Crippen LogP) is 4.24. The highest BCUT2D eigenvalue weighted by atomic mass is 35.5. The summed E-state index contributed by atoms with van der Waals surface area (Å²) >= 11 is 10.8. The number of rotatable bonds is 3. The second kappa shape index (κ2) is 6.93. The number of halogens is 4. The van der Waals surface area contributed by atoms with Gasteiger partial charge in [-0.1, -0.05) is 41.9 Å². The Kier molecular flexibility index (Phi) is 5.20. The molecule has 0 saturated carbocycles. The van der Waals surface area contributed by atoms with Crippen molar-refractivity contribution in [2.45, 2.75) is 12.7 Å². The lowest BCUT2D eigenvalue weighted by Crippen LogP contribution is -2.28. The van der Waals surface area contributed by atoms with Crippen molar-refractivity contribution in [3.05, 3.63) is 58.7 Å². The van der Waals surface area contributed by atoms with Crippen LogP contribution in [-0.4, -0.2) is 10.1 Å². The van der Waals surface area contributed by atoms with Gasteiger partial charge >= 0.3 is 6.18 Å². The molecule has 116 valence electrons. The molecule has 0 saturated heterocycles. The lowest BCUT2D eigenvalue weighted by molar-refractivity contribution is -0.137. The predicted molar refractivity (Wildman–Crippen MR) is 83.8 cm³/mol. The Labute approximate surface area is 135 Å². The van der Waals surface area contributed by atoms with Crippen molar-refractivity contribution in [3.63, 3.8) is 0 Å². The van der Waals surface area contributed by atoms with Gasteiger partial charge in [0.1, 0.15) is 0 Å². The van der Waals surface area contributed by atoms with E-state index >= 15 is 0 Å². The van der Waals surface area contributed by atoms with E-state index in [1.807, 2.05) is 30.3 Å². The molecule has 0 radical (unpaired) electrons. The van der Waals surface area contributed by atoms with E-state index in [9.17, 15) is 13.2 Å². The van der Waals surface area contributed by atoms with Crippen molar-refractivity contribution >= 4 is 34.7 Å². The summed E-state index contributed by atoms with van der Waals surface area (Å²) in [6.45, 7) is 0.477. The molecule has 0 atom stereocenters. The maximum Gasteiger partial charge on any atom is 0.417 e. The average Bonchev–Trinajstić information content (AvgIpc) is 2.47. The fourth-order valence-electron chi connectivity index (χ4n) is 1.61. The maximum atomic E-state index is 12.5. The SMILES string of the molecule is FC(F)(F)c1cnc(NC(=S)NCc2ccccc2)c(Cl)c1. The van der Waals surface area contributed by atoms with Crippen molar-refractivity contribution in [1.82, 2.24) is 10.3 Å². The lowest BCUT2D eigenvalue weighted by Gasteiger charge is -2.12.